The smallest absolute Gasteiger partial charge is 0.354 e. The van der Waals surface area contributed by atoms with Crippen LogP contribution in [-0.4, -0.2) is 36.7 Å². The molecule has 0 aliphatic heterocycles. The third-order valence-corrected chi connectivity index (χ3v) is 3.57. The molecule has 0 bridgehead atoms. The van der Waals surface area contributed by atoms with E-state index in [9.17, 15) is 4.79 Å². The number of ether oxygens (including phenoxy) is 3. The summed E-state index contributed by atoms with van der Waals surface area (Å²) in [6, 6.07) is 5.45. The zero-order chi connectivity index (χ0) is 15.4. The molecule has 0 unspecified atom stereocenters. The fourth-order valence-corrected chi connectivity index (χ4v) is 2.71. The van der Waals surface area contributed by atoms with Gasteiger partial charge in [-0.1, -0.05) is 15.9 Å². The highest BCUT2D eigenvalue weighted by Gasteiger charge is 2.21. The maximum absolute atomic E-state index is 12.2. The molecule has 21 heavy (non-hydrogen) atoms. The van der Waals surface area contributed by atoms with Gasteiger partial charge in [-0.2, -0.15) is 0 Å². The van der Waals surface area contributed by atoms with E-state index in [1.807, 2.05) is 16.7 Å². The molecule has 0 saturated heterocycles. The molecular formula is C15H18BrNO4. The number of esters is 1. The first-order chi connectivity index (χ1) is 10.2. The van der Waals surface area contributed by atoms with Crippen LogP contribution in [0.5, 0.6) is 11.5 Å². The van der Waals surface area contributed by atoms with Crippen LogP contribution >= 0.6 is 15.9 Å². The first-order valence-corrected chi connectivity index (χ1v) is 7.77. The van der Waals surface area contributed by atoms with Crippen LogP contribution in [-0.2, 0) is 11.3 Å². The van der Waals surface area contributed by atoms with E-state index in [4.69, 9.17) is 14.2 Å². The summed E-state index contributed by atoms with van der Waals surface area (Å²) in [5, 5.41) is 1.55. The fourth-order valence-electron chi connectivity index (χ4n) is 2.36. The van der Waals surface area contributed by atoms with Gasteiger partial charge in [0.15, 0.2) is 0 Å². The van der Waals surface area contributed by atoms with E-state index in [1.54, 1.807) is 27.2 Å². The summed E-state index contributed by atoms with van der Waals surface area (Å²) < 4.78 is 17.8. The molecule has 5 nitrogen and oxygen atoms in total. The minimum atomic E-state index is -0.348. The fraction of sp³-hybridized carbons (Fsp3) is 0.400. The van der Waals surface area contributed by atoms with Gasteiger partial charge in [-0.15, -0.1) is 0 Å². The van der Waals surface area contributed by atoms with Gasteiger partial charge in [0.2, 0.25) is 0 Å². The van der Waals surface area contributed by atoms with Gasteiger partial charge in [0.25, 0.3) is 0 Å². The molecule has 0 radical (unpaired) electrons. The minimum absolute atomic E-state index is 0.336. The SMILES string of the molecule is CCOC(=O)c1cc2c(OC)ccc(OC)c2n1CCBr. The molecule has 1 aromatic heterocycles. The average Bonchev–Trinajstić information content (AvgIpc) is 2.87. The topological polar surface area (TPSA) is 49.7 Å². The molecular weight excluding hydrogens is 338 g/mol. The number of alkyl halides is 1. The number of benzene rings is 1. The highest BCUT2D eigenvalue weighted by molar-refractivity contribution is 9.09. The van der Waals surface area contributed by atoms with Gasteiger partial charge >= 0.3 is 5.97 Å². The molecule has 0 spiro atoms. The van der Waals surface area contributed by atoms with Gasteiger partial charge in [0.1, 0.15) is 17.2 Å². The van der Waals surface area contributed by atoms with E-state index in [-0.39, 0.29) is 5.97 Å². The Morgan fingerprint density at radius 1 is 1.24 bits per heavy atom. The molecule has 2 aromatic rings. The van der Waals surface area contributed by atoms with E-state index in [1.165, 1.54) is 0 Å². The number of methoxy groups -OCH3 is 2. The Balaban J connectivity index is 2.74. The third kappa shape index (κ3) is 2.85. The van der Waals surface area contributed by atoms with Gasteiger partial charge in [0, 0.05) is 17.3 Å². The zero-order valence-electron chi connectivity index (χ0n) is 12.3. The second kappa shape index (κ2) is 6.85. The Morgan fingerprint density at radius 3 is 2.48 bits per heavy atom. The number of fused-ring (bicyclic) bond motifs is 1. The Hall–Kier alpha value is -1.69. The normalized spacial score (nSPS) is 10.7. The second-order valence-corrected chi connectivity index (χ2v) is 5.12. The van der Waals surface area contributed by atoms with Crippen molar-refractivity contribution < 1.29 is 19.0 Å². The van der Waals surface area contributed by atoms with Crippen molar-refractivity contribution in [1.29, 1.82) is 0 Å². The quantitative estimate of drug-likeness (QED) is 0.589. The Kier molecular flexibility index (Phi) is 5.12. The zero-order valence-corrected chi connectivity index (χ0v) is 13.9. The van der Waals surface area contributed by atoms with E-state index in [2.05, 4.69) is 15.9 Å². The molecule has 0 atom stereocenters. The molecule has 1 aromatic carbocycles. The first kappa shape index (κ1) is 15.7. The van der Waals surface area contributed by atoms with Gasteiger partial charge in [-0.05, 0) is 25.1 Å². The third-order valence-electron chi connectivity index (χ3n) is 3.21. The van der Waals surface area contributed by atoms with Crippen molar-refractivity contribution in [2.45, 2.75) is 13.5 Å². The predicted octanol–water partition coefficient (Wildman–Crippen LogP) is 3.23. The summed E-state index contributed by atoms with van der Waals surface area (Å²) in [5.41, 5.74) is 1.33. The largest absolute Gasteiger partial charge is 0.496 e. The summed E-state index contributed by atoms with van der Waals surface area (Å²) in [6.07, 6.45) is 0. The van der Waals surface area contributed by atoms with Crippen molar-refractivity contribution in [2.75, 3.05) is 26.2 Å². The maximum Gasteiger partial charge on any atom is 0.354 e. The summed E-state index contributed by atoms with van der Waals surface area (Å²) in [5.74, 6) is 1.05. The number of rotatable bonds is 6. The number of nitrogens with zero attached hydrogens (tertiary/aromatic N) is 1. The molecule has 0 aliphatic rings. The van der Waals surface area contributed by atoms with Crippen molar-refractivity contribution in [3.63, 3.8) is 0 Å². The molecule has 0 N–H and O–H groups in total. The molecule has 6 heteroatoms. The molecule has 0 aliphatic carbocycles. The van der Waals surface area contributed by atoms with E-state index >= 15 is 0 Å². The van der Waals surface area contributed by atoms with Crippen LogP contribution in [0.25, 0.3) is 10.9 Å². The molecule has 0 saturated carbocycles. The number of hydrogen-bond acceptors (Lipinski definition) is 4. The monoisotopic (exact) mass is 355 g/mol. The van der Waals surface area contributed by atoms with E-state index in [0.717, 1.165) is 10.9 Å². The summed E-state index contributed by atoms with van der Waals surface area (Å²) >= 11 is 3.42. The predicted molar refractivity (Wildman–Crippen MR) is 84.8 cm³/mol. The van der Waals surface area contributed by atoms with Gasteiger partial charge < -0.3 is 18.8 Å². The summed E-state index contributed by atoms with van der Waals surface area (Å²) in [6.45, 7) is 2.75. The lowest BCUT2D eigenvalue weighted by Gasteiger charge is -2.11. The van der Waals surface area contributed by atoms with Crippen LogP contribution in [0.4, 0.5) is 0 Å². The van der Waals surface area contributed by atoms with Crippen LogP contribution in [0.1, 0.15) is 17.4 Å². The Bertz CT molecular complexity index is 651. The number of aromatic nitrogens is 1. The molecule has 114 valence electrons. The van der Waals surface area contributed by atoms with Crippen molar-refractivity contribution >= 4 is 32.8 Å². The molecule has 0 amide bonds. The van der Waals surface area contributed by atoms with Crippen LogP contribution < -0.4 is 9.47 Å². The van der Waals surface area contributed by atoms with Crippen LogP contribution in [0.15, 0.2) is 18.2 Å². The lowest BCUT2D eigenvalue weighted by Crippen LogP contribution is -2.13. The average molecular weight is 356 g/mol. The van der Waals surface area contributed by atoms with E-state index in [0.29, 0.717) is 35.7 Å². The molecule has 1 heterocycles. The first-order valence-electron chi connectivity index (χ1n) is 6.65. The Morgan fingerprint density at radius 2 is 1.90 bits per heavy atom. The van der Waals surface area contributed by atoms with Gasteiger partial charge in [0.05, 0.1) is 26.3 Å². The van der Waals surface area contributed by atoms with Crippen LogP contribution in [0.3, 0.4) is 0 Å². The van der Waals surface area contributed by atoms with Crippen molar-refractivity contribution in [2.24, 2.45) is 0 Å². The summed E-state index contributed by atoms with van der Waals surface area (Å²) in [7, 11) is 3.21. The number of carbonyl (C=O) groups is 1. The molecule has 0 fully saturated rings. The number of carbonyl (C=O) groups excluding carboxylic acids is 1. The lowest BCUT2D eigenvalue weighted by molar-refractivity contribution is 0.0514. The molecule has 2 rings (SSSR count). The van der Waals surface area contributed by atoms with Crippen LogP contribution in [0.2, 0.25) is 0 Å². The van der Waals surface area contributed by atoms with Gasteiger partial charge in [-0.3, -0.25) is 0 Å². The highest BCUT2D eigenvalue weighted by atomic mass is 79.9. The van der Waals surface area contributed by atoms with Crippen molar-refractivity contribution in [3.05, 3.63) is 23.9 Å². The van der Waals surface area contributed by atoms with E-state index < -0.39 is 0 Å². The number of aryl methyl sites for hydroxylation is 1. The highest BCUT2D eigenvalue weighted by Crippen LogP contribution is 2.36. The minimum Gasteiger partial charge on any atom is -0.496 e. The standard InChI is InChI=1S/C15H18BrNO4/c1-4-21-15(18)11-9-10-12(19-2)5-6-13(20-3)14(10)17(11)8-7-16/h5-6,9H,4,7-8H2,1-3H3. The van der Waals surface area contributed by atoms with Crippen molar-refractivity contribution in [1.82, 2.24) is 4.57 Å². The maximum atomic E-state index is 12.2. The van der Waals surface area contributed by atoms with Crippen LogP contribution in [0, 0.1) is 0 Å². The Labute approximate surface area is 131 Å². The number of halogens is 1. The second-order valence-electron chi connectivity index (χ2n) is 4.32. The lowest BCUT2D eigenvalue weighted by atomic mass is 10.2. The van der Waals surface area contributed by atoms with Crippen molar-refractivity contribution in [3.8, 4) is 11.5 Å². The summed E-state index contributed by atoms with van der Waals surface area (Å²) in [4.78, 5) is 12.2. The number of hydrogen-bond donors (Lipinski definition) is 0. The van der Waals surface area contributed by atoms with Gasteiger partial charge in [-0.25, -0.2) is 4.79 Å².